The van der Waals surface area contributed by atoms with Gasteiger partial charge in [-0.1, -0.05) is 10.4 Å². The summed E-state index contributed by atoms with van der Waals surface area (Å²) in [5.41, 5.74) is 6.39. The largest absolute Gasteiger partial charge is 0.338 e. The monoisotopic (exact) mass is 222 g/mol. The molecule has 0 radical (unpaired) electrons. The van der Waals surface area contributed by atoms with Crippen molar-refractivity contribution in [3.05, 3.63) is 24.1 Å². The second-order valence-corrected chi connectivity index (χ2v) is 3.49. The first-order valence-electron chi connectivity index (χ1n) is 5.23. The van der Waals surface area contributed by atoms with Gasteiger partial charge in [0, 0.05) is 6.20 Å². The molecule has 0 unspecified atom stereocenters. The molecule has 7 heteroatoms. The Morgan fingerprint density at radius 1 is 1.38 bits per heavy atom. The molecule has 0 atom stereocenters. The molecular weight excluding hydrogens is 208 g/mol. The van der Waals surface area contributed by atoms with E-state index in [1.54, 1.807) is 4.68 Å². The molecule has 2 aromatic rings. The van der Waals surface area contributed by atoms with Gasteiger partial charge in [-0.2, -0.15) is 4.98 Å². The van der Waals surface area contributed by atoms with Crippen molar-refractivity contribution in [2.75, 3.05) is 6.54 Å². The molecule has 0 saturated carbocycles. The zero-order valence-electron chi connectivity index (χ0n) is 8.91. The van der Waals surface area contributed by atoms with Crippen LogP contribution in [-0.2, 0) is 13.0 Å². The molecule has 0 saturated heterocycles. The maximum atomic E-state index is 5.42. The lowest BCUT2D eigenvalue weighted by Crippen LogP contribution is -2.00. The average molecular weight is 222 g/mol. The zero-order valence-corrected chi connectivity index (χ0v) is 8.91. The molecule has 0 aliphatic carbocycles. The van der Waals surface area contributed by atoms with Crippen LogP contribution in [0.25, 0.3) is 0 Å². The topological polar surface area (TPSA) is 95.7 Å². The molecule has 2 heterocycles. The molecule has 0 aliphatic heterocycles. The Morgan fingerprint density at radius 2 is 2.31 bits per heavy atom. The van der Waals surface area contributed by atoms with Crippen LogP contribution >= 0.6 is 0 Å². The molecule has 0 amide bonds. The number of aromatic nitrogens is 5. The van der Waals surface area contributed by atoms with Crippen molar-refractivity contribution in [1.82, 2.24) is 25.1 Å². The fourth-order valence-corrected chi connectivity index (χ4v) is 1.39. The van der Waals surface area contributed by atoms with Gasteiger partial charge < -0.3 is 10.3 Å². The Kier molecular flexibility index (Phi) is 3.60. The number of hydrogen-bond donors (Lipinski definition) is 1. The highest BCUT2D eigenvalue weighted by atomic mass is 16.5. The molecule has 0 aromatic carbocycles. The highest BCUT2D eigenvalue weighted by molar-refractivity contribution is 4.93. The van der Waals surface area contributed by atoms with Crippen molar-refractivity contribution < 1.29 is 4.52 Å². The zero-order chi connectivity index (χ0) is 11.2. The Balaban J connectivity index is 1.87. The molecule has 86 valence electrons. The average Bonchev–Trinajstić information content (AvgIpc) is 2.91. The van der Waals surface area contributed by atoms with Gasteiger partial charge in [-0.3, -0.25) is 0 Å². The lowest BCUT2D eigenvalue weighted by Gasteiger charge is -1.94. The summed E-state index contributed by atoms with van der Waals surface area (Å²) in [4.78, 5) is 3.91. The molecule has 2 aromatic heterocycles. The van der Waals surface area contributed by atoms with E-state index in [1.165, 1.54) is 6.33 Å². The molecule has 0 fully saturated rings. The van der Waals surface area contributed by atoms with Gasteiger partial charge >= 0.3 is 0 Å². The van der Waals surface area contributed by atoms with E-state index in [1.807, 2.05) is 6.20 Å². The predicted molar refractivity (Wildman–Crippen MR) is 55.4 cm³/mol. The van der Waals surface area contributed by atoms with Crippen molar-refractivity contribution >= 4 is 0 Å². The van der Waals surface area contributed by atoms with Crippen LogP contribution in [0.1, 0.15) is 24.4 Å². The normalized spacial score (nSPS) is 10.8. The Labute approximate surface area is 92.6 Å². The fourth-order valence-electron chi connectivity index (χ4n) is 1.39. The van der Waals surface area contributed by atoms with Crippen LogP contribution in [0, 0.1) is 0 Å². The number of nitrogens with two attached hydrogens (primary N) is 1. The smallest absolute Gasteiger partial charge is 0.248 e. The summed E-state index contributed by atoms with van der Waals surface area (Å²) in [7, 11) is 0. The van der Waals surface area contributed by atoms with E-state index in [-0.39, 0.29) is 0 Å². The number of unbranched alkanes of at least 4 members (excludes halogenated alkanes) is 1. The van der Waals surface area contributed by atoms with Crippen LogP contribution in [0.2, 0.25) is 0 Å². The molecule has 0 spiro atoms. The van der Waals surface area contributed by atoms with Crippen molar-refractivity contribution in [2.24, 2.45) is 5.73 Å². The third-order valence-corrected chi connectivity index (χ3v) is 2.18. The van der Waals surface area contributed by atoms with Crippen LogP contribution in [0.15, 0.2) is 17.0 Å². The Hall–Kier alpha value is -1.76. The third kappa shape index (κ3) is 2.86. The molecule has 16 heavy (non-hydrogen) atoms. The van der Waals surface area contributed by atoms with Gasteiger partial charge in [-0.05, 0) is 25.8 Å². The molecule has 0 bridgehead atoms. The number of hydrogen-bond acceptors (Lipinski definition) is 6. The van der Waals surface area contributed by atoms with Gasteiger partial charge in [0.25, 0.3) is 0 Å². The quantitative estimate of drug-likeness (QED) is 0.690. The van der Waals surface area contributed by atoms with Crippen LogP contribution < -0.4 is 5.73 Å². The first kappa shape index (κ1) is 10.7. The van der Waals surface area contributed by atoms with Crippen LogP contribution in [0.5, 0.6) is 0 Å². The predicted octanol–water partition coefficient (Wildman–Crippen LogP) is -0.00920. The van der Waals surface area contributed by atoms with E-state index in [2.05, 4.69) is 20.5 Å². The maximum absolute atomic E-state index is 5.42. The summed E-state index contributed by atoms with van der Waals surface area (Å²) < 4.78 is 6.56. The lowest BCUT2D eigenvalue weighted by atomic mass is 10.2. The molecule has 2 rings (SSSR count). The SMILES string of the molecule is NCCCCc1cn(Cc2ncno2)nn1. The van der Waals surface area contributed by atoms with E-state index in [9.17, 15) is 0 Å². The lowest BCUT2D eigenvalue weighted by molar-refractivity contribution is 0.363. The molecule has 0 aliphatic rings. The second kappa shape index (κ2) is 5.36. The van der Waals surface area contributed by atoms with Crippen LogP contribution in [0.4, 0.5) is 0 Å². The standard InChI is InChI=1S/C9H14N6O/c10-4-2-1-3-8-5-15(14-13-8)6-9-11-7-12-16-9/h5,7H,1-4,6,10H2. The highest BCUT2D eigenvalue weighted by Gasteiger charge is 2.04. The first-order valence-corrected chi connectivity index (χ1v) is 5.23. The third-order valence-electron chi connectivity index (χ3n) is 2.18. The minimum atomic E-state index is 0.462. The molecule has 2 N–H and O–H groups in total. The maximum Gasteiger partial charge on any atom is 0.248 e. The van der Waals surface area contributed by atoms with Gasteiger partial charge in [0.2, 0.25) is 5.89 Å². The summed E-state index contributed by atoms with van der Waals surface area (Å²) in [6.07, 6.45) is 6.21. The van der Waals surface area contributed by atoms with Gasteiger partial charge in [0.1, 0.15) is 6.54 Å². The first-order chi connectivity index (χ1) is 7.88. The minimum Gasteiger partial charge on any atom is -0.338 e. The van der Waals surface area contributed by atoms with Crippen molar-refractivity contribution in [1.29, 1.82) is 0 Å². The van der Waals surface area contributed by atoms with Gasteiger partial charge in [-0.15, -0.1) is 5.10 Å². The number of nitrogens with zero attached hydrogens (tertiary/aromatic N) is 5. The summed E-state index contributed by atoms with van der Waals surface area (Å²) >= 11 is 0. The summed E-state index contributed by atoms with van der Waals surface area (Å²) in [6.45, 7) is 1.18. The molecular formula is C9H14N6O. The van der Waals surface area contributed by atoms with Crippen molar-refractivity contribution in [2.45, 2.75) is 25.8 Å². The molecule has 7 nitrogen and oxygen atoms in total. The van der Waals surface area contributed by atoms with E-state index in [0.717, 1.165) is 31.5 Å². The summed E-state index contributed by atoms with van der Waals surface area (Å²) in [6, 6.07) is 0. The highest BCUT2D eigenvalue weighted by Crippen LogP contribution is 2.02. The Morgan fingerprint density at radius 3 is 3.06 bits per heavy atom. The van der Waals surface area contributed by atoms with Crippen LogP contribution in [0.3, 0.4) is 0 Å². The second-order valence-electron chi connectivity index (χ2n) is 3.49. The summed E-state index contributed by atoms with van der Waals surface area (Å²) in [5, 5.41) is 11.6. The number of aryl methyl sites for hydroxylation is 1. The van der Waals surface area contributed by atoms with Gasteiger partial charge in [0.05, 0.1) is 5.69 Å². The van der Waals surface area contributed by atoms with Crippen molar-refractivity contribution in [3.63, 3.8) is 0 Å². The van der Waals surface area contributed by atoms with Gasteiger partial charge in [-0.25, -0.2) is 4.68 Å². The fraction of sp³-hybridized carbons (Fsp3) is 0.556. The van der Waals surface area contributed by atoms with E-state index < -0.39 is 0 Å². The number of rotatable bonds is 6. The van der Waals surface area contributed by atoms with E-state index >= 15 is 0 Å². The minimum absolute atomic E-state index is 0.462. The van der Waals surface area contributed by atoms with Crippen LogP contribution in [-0.4, -0.2) is 31.7 Å². The van der Waals surface area contributed by atoms with E-state index in [4.69, 9.17) is 10.3 Å². The summed E-state index contributed by atoms with van der Waals surface area (Å²) in [5.74, 6) is 0.526. The van der Waals surface area contributed by atoms with E-state index in [0.29, 0.717) is 12.4 Å². The van der Waals surface area contributed by atoms with Gasteiger partial charge in [0.15, 0.2) is 6.33 Å². The van der Waals surface area contributed by atoms with Crippen molar-refractivity contribution in [3.8, 4) is 0 Å². The Bertz CT molecular complexity index is 409.